The second-order valence-electron chi connectivity index (χ2n) is 6.71. The van der Waals surface area contributed by atoms with E-state index in [0.29, 0.717) is 13.2 Å². The van der Waals surface area contributed by atoms with Crippen LogP contribution in [0.2, 0.25) is 0 Å². The molecule has 0 heterocycles. The van der Waals surface area contributed by atoms with Crippen LogP contribution in [0.4, 0.5) is 0 Å². The fraction of sp³-hybridized carbons (Fsp3) is 1.00. The second kappa shape index (κ2) is 9.80. The Kier molecular flexibility index (Phi) is 8.82. The summed E-state index contributed by atoms with van der Waals surface area (Å²) in [6.45, 7) is 6.84. The van der Waals surface area contributed by atoms with E-state index in [-0.39, 0.29) is 24.2 Å². The lowest BCUT2D eigenvalue weighted by atomic mass is 9.87. The van der Waals surface area contributed by atoms with Crippen molar-refractivity contribution in [1.29, 1.82) is 0 Å². The summed E-state index contributed by atoms with van der Waals surface area (Å²) in [6, 6.07) is 0. The monoisotopic (exact) mass is 320 g/mol. The molecule has 1 atom stereocenters. The molecule has 0 aromatic carbocycles. The molecule has 1 saturated carbocycles. The fourth-order valence-corrected chi connectivity index (χ4v) is 2.38. The smallest absolute Gasteiger partial charge is 0.159 e. The molecule has 0 amide bonds. The van der Waals surface area contributed by atoms with Crippen molar-refractivity contribution in [2.24, 2.45) is 11.3 Å². The van der Waals surface area contributed by atoms with E-state index >= 15 is 0 Å². The summed E-state index contributed by atoms with van der Waals surface area (Å²) in [5.41, 5.74) is -0.258. The van der Waals surface area contributed by atoms with Crippen LogP contribution in [-0.2, 0) is 14.2 Å². The van der Waals surface area contributed by atoms with Crippen LogP contribution in [0.5, 0.6) is 0 Å². The van der Waals surface area contributed by atoms with Crippen LogP contribution in [0.25, 0.3) is 0 Å². The van der Waals surface area contributed by atoms with Gasteiger partial charge in [0.2, 0.25) is 0 Å². The maximum absolute atomic E-state index is 9.86. The average molecular weight is 320 g/mol. The third kappa shape index (κ3) is 6.89. The maximum Gasteiger partial charge on any atom is 0.159 e. The highest BCUT2D eigenvalue weighted by molar-refractivity contribution is 4.73. The van der Waals surface area contributed by atoms with Gasteiger partial charge in [-0.15, -0.1) is 0 Å². The standard InChI is InChI=1S/C16H32O6/c1-4-16(2,3)15(19)21-10-9-20-11-22-13-7-5-12(6-8-13)14(17)18/h12-15,17-19H,4-11H2,1-3H3. The minimum atomic E-state index is -1.21. The molecule has 0 aromatic rings. The molecule has 6 heteroatoms. The molecule has 0 radical (unpaired) electrons. The average Bonchev–Trinajstić information content (AvgIpc) is 2.50. The largest absolute Gasteiger partial charge is 0.368 e. The van der Waals surface area contributed by atoms with Gasteiger partial charge in [-0.3, -0.25) is 0 Å². The third-order valence-corrected chi connectivity index (χ3v) is 4.61. The highest BCUT2D eigenvalue weighted by Crippen LogP contribution is 2.28. The maximum atomic E-state index is 9.86. The van der Waals surface area contributed by atoms with Crippen molar-refractivity contribution >= 4 is 0 Å². The van der Waals surface area contributed by atoms with Crippen LogP contribution in [-0.4, -0.2) is 54.0 Å². The molecule has 3 N–H and O–H groups in total. The molecule has 0 aliphatic heterocycles. The molecule has 1 aliphatic rings. The SMILES string of the molecule is CCC(C)(C)C(O)OCCOCOC1CCC(C(O)O)CC1. The van der Waals surface area contributed by atoms with Crippen LogP contribution in [0.3, 0.4) is 0 Å². The molecular weight excluding hydrogens is 288 g/mol. The van der Waals surface area contributed by atoms with Crippen molar-refractivity contribution in [2.75, 3.05) is 20.0 Å². The van der Waals surface area contributed by atoms with Gasteiger partial charge >= 0.3 is 0 Å². The molecule has 0 saturated heterocycles. The quantitative estimate of drug-likeness (QED) is 0.419. The zero-order valence-corrected chi connectivity index (χ0v) is 14.0. The van der Waals surface area contributed by atoms with Gasteiger partial charge in [0.25, 0.3) is 0 Å². The first-order valence-corrected chi connectivity index (χ1v) is 8.22. The van der Waals surface area contributed by atoms with E-state index in [1.54, 1.807) is 0 Å². The van der Waals surface area contributed by atoms with Crippen molar-refractivity contribution in [3.63, 3.8) is 0 Å². The summed E-state index contributed by atoms with van der Waals surface area (Å²) in [5, 5.41) is 28.1. The van der Waals surface area contributed by atoms with Crippen molar-refractivity contribution in [3.05, 3.63) is 0 Å². The lowest BCUT2D eigenvalue weighted by molar-refractivity contribution is -0.182. The molecule has 1 rings (SSSR count). The first-order chi connectivity index (χ1) is 10.4. The Morgan fingerprint density at radius 1 is 1.05 bits per heavy atom. The highest BCUT2D eigenvalue weighted by atomic mass is 16.7. The van der Waals surface area contributed by atoms with Gasteiger partial charge in [-0.2, -0.15) is 0 Å². The fourth-order valence-electron chi connectivity index (χ4n) is 2.38. The number of ether oxygens (including phenoxy) is 3. The number of aliphatic hydroxyl groups is 3. The van der Waals surface area contributed by atoms with Crippen molar-refractivity contribution in [1.82, 2.24) is 0 Å². The summed E-state index contributed by atoms with van der Waals surface area (Å²) >= 11 is 0. The highest BCUT2D eigenvalue weighted by Gasteiger charge is 2.27. The molecule has 0 aromatic heterocycles. The minimum Gasteiger partial charge on any atom is -0.368 e. The predicted molar refractivity (Wildman–Crippen MR) is 81.9 cm³/mol. The summed E-state index contributed by atoms with van der Waals surface area (Å²) in [4.78, 5) is 0. The molecular formula is C16H32O6. The molecule has 22 heavy (non-hydrogen) atoms. The number of aliphatic hydroxyl groups excluding tert-OH is 2. The van der Waals surface area contributed by atoms with Crippen LogP contribution >= 0.6 is 0 Å². The summed E-state index contributed by atoms with van der Waals surface area (Å²) in [7, 11) is 0. The van der Waals surface area contributed by atoms with Gasteiger partial charge in [0, 0.05) is 11.3 Å². The zero-order valence-electron chi connectivity index (χ0n) is 14.0. The van der Waals surface area contributed by atoms with Crippen LogP contribution < -0.4 is 0 Å². The van der Waals surface area contributed by atoms with E-state index in [4.69, 9.17) is 24.4 Å². The van der Waals surface area contributed by atoms with E-state index in [1.807, 2.05) is 20.8 Å². The molecule has 0 bridgehead atoms. The topological polar surface area (TPSA) is 88.4 Å². The van der Waals surface area contributed by atoms with Gasteiger partial charge in [-0.1, -0.05) is 20.8 Å². The Morgan fingerprint density at radius 2 is 1.68 bits per heavy atom. The van der Waals surface area contributed by atoms with Crippen LogP contribution in [0.1, 0.15) is 52.9 Å². The Labute approximate surface area is 133 Å². The molecule has 1 aliphatic carbocycles. The third-order valence-electron chi connectivity index (χ3n) is 4.61. The van der Waals surface area contributed by atoms with E-state index in [0.717, 1.165) is 32.1 Å². The number of rotatable bonds is 10. The number of hydrogen-bond donors (Lipinski definition) is 3. The van der Waals surface area contributed by atoms with Gasteiger partial charge in [0.05, 0.1) is 19.3 Å². The molecule has 132 valence electrons. The van der Waals surface area contributed by atoms with Crippen molar-refractivity contribution in [3.8, 4) is 0 Å². The van der Waals surface area contributed by atoms with Gasteiger partial charge in [0.1, 0.15) is 6.79 Å². The minimum absolute atomic E-state index is 0.0300. The van der Waals surface area contributed by atoms with Gasteiger partial charge < -0.3 is 29.5 Å². The Hall–Kier alpha value is -0.240. The zero-order chi connectivity index (χ0) is 16.6. The Morgan fingerprint density at radius 3 is 2.23 bits per heavy atom. The Balaban J connectivity index is 2.00. The summed E-state index contributed by atoms with van der Waals surface area (Å²) < 4.78 is 16.3. The normalized spacial score (nSPS) is 24.7. The Bertz CT molecular complexity index is 286. The van der Waals surface area contributed by atoms with E-state index in [2.05, 4.69) is 0 Å². The van der Waals surface area contributed by atoms with Crippen molar-refractivity contribution < 1.29 is 29.5 Å². The first kappa shape index (κ1) is 19.8. The molecule has 6 nitrogen and oxygen atoms in total. The first-order valence-electron chi connectivity index (χ1n) is 8.22. The van der Waals surface area contributed by atoms with E-state index in [9.17, 15) is 5.11 Å². The summed E-state index contributed by atoms with van der Waals surface area (Å²) in [5.74, 6) is -0.0300. The predicted octanol–water partition coefficient (Wildman–Crippen LogP) is 1.62. The van der Waals surface area contributed by atoms with E-state index < -0.39 is 12.6 Å². The molecule has 0 spiro atoms. The van der Waals surface area contributed by atoms with Gasteiger partial charge in [-0.25, -0.2) is 0 Å². The van der Waals surface area contributed by atoms with Crippen molar-refractivity contribution in [2.45, 2.75) is 71.6 Å². The van der Waals surface area contributed by atoms with Crippen LogP contribution in [0.15, 0.2) is 0 Å². The summed E-state index contributed by atoms with van der Waals surface area (Å²) in [6.07, 6.45) is 2.14. The lowest BCUT2D eigenvalue weighted by Gasteiger charge is -2.29. The molecule has 1 unspecified atom stereocenters. The van der Waals surface area contributed by atoms with E-state index in [1.165, 1.54) is 0 Å². The second-order valence-corrected chi connectivity index (χ2v) is 6.71. The van der Waals surface area contributed by atoms with Gasteiger partial charge in [-0.05, 0) is 32.1 Å². The molecule has 1 fully saturated rings. The van der Waals surface area contributed by atoms with Crippen LogP contribution in [0, 0.1) is 11.3 Å². The van der Waals surface area contributed by atoms with Gasteiger partial charge in [0.15, 0.2) is 12.6 Å². The lowest BCUT2D eigenvalue weighted by Crippen LogP contribution is -2.32. The number of hydrogen-bond acceptors (Lipinski definition) is 6.